The highest BCUT2D eigenvalue weighted by molar-refractivity contribution is 5.99. The van der Waals surface area contributed by atoms with Crippen molar-refractivity contribution in [3.8, 4) is 0 Å². The second-order valence-corrected chi connectivity index (χ2v) is 5.64. The van der Waals surface area contributed by atoms with E-state index in [4.69, 9.17) is 9.84 Å². The number of esters is 1. The summed E-state index contributed by atoms with van der Waals surface area (Å²) in [4.78, 5) is 23.6. The van der Waals surface area contributed by atoms with Crippen LogP contribution in [0.15, 0.2) is 23.3 Å². The lowest BCUT2D eigenvalue weighted by Crippen LogP contribution is -2.21. The zero-order valence-corrected chi connectivity index (χ0v) is 11.4. The van der Waals surface area contributed by atoms with Gasteiger partial charge in [0.15, 0.2) is 5.78 Å². The van der Waals surface area contributed by atoms with Crippen molar-refractivity contribution in [2.75, 3.05) is 6.61 Å². The van der Waals surface area contributed by atoms with Gasteiger partial charge in [-0.25, -0.2) is 4.79 Å². The first-order valence-corrected chi connectivity index (χ1v) is 6.77. The quantitative estimate of drug-likeness (QED) is 0.786. The van der Waals surface area contributed by atoms with E-state index in [1.165, 1.54) is 0 Å². The summed E-state index contributed by atoms with van der Waals surface area (Å²) in [6, 6.07) is 0. The number of cyclic esters (lactones) is 1. The fourth-order valence-corrected chi connectivity index (χ4v) is 2.62. The van der Waals surface area contributed by atoms with Crippen LogP contribution in [0.1, 0.15) is 33.1 Å². The minimum Gasteiger partial charge on any atom is -0.455 e. The molecule has 2 atom stereocenters. The van der Waals surface area contributed by atoms with Gasteiger partial charge in [-0.05, 0) is 24.8 Å². The third-order valence-corrected chi connectivity index (χ3v) is 3.61. The highest BCUT2D eigenvalue weighted by atomic mass is 16.5. The fraction of sp³-hybridized carbons (Fsp3) is 0.600. The first-order chi connectivity index (χ1) is 9.01. The molecule has 2 rings (SSSR count). The van der Waals surface area contributed by atoms with Crippen LogP contribution in [0.2, 0.25) is 0 Å². The van der Waals surface area contributed by atoms with E-state index in [2.05, 4.69) is 13.8 Å². The Labute approximate surface area is 113 Å². The predicted octanol–water partition coefficient (Wildman–Crippen LogP) is 1.78. The van der Waals surface area contributed by atoms with Crippen molar-refractivity contribution in [1.29, 1.82) is 0 Å². The van der Waals surface area contributed by atoms with E-state index < -0.39 is 0 Å². The summed E-state index contributed by atoms with van der Waals surface area (Å²) in [6.45, 7) is 3.95. The maximum Gasteiger partial charge on any atom is 0.334 e. The Morgan fingerprint density at radius 1 is 1.42 bits per heavy atom. The van der Waals surface area contributed by atoms with Crippen molar-refractivity contribution < 1.29 is 19.4 Å². The Morgan fingerprint density at radius 3 is 2.74 bits per heavy atom. The number of hydrogen-bond donors (Lipinski definition) is 1. The van der Waals surface area contributed by atoms with E-state index >= 15 is 0 Å². The van der Waals surface area contributed by atoms with Gasteiger partial charge in [-0.3, -0.25) is 4.79 Å². The van der Waals surface area contributed by atoms with Gasteiger partial charge < -0.3 is 9.84 Å². The maximum absolute atomic E-state index is 11.9. The minimum atomic E-state index is -0.288. The van der Waals surface area contributed by atoms with Crippen LogP contribution < -0.4 is 0 Å². The standard InChI is InChI=1S/C15H20O4/c1-9(2)5-12-7-13(15(18)19-12)10-3-4-11(8-16)14(17)6-10/h4,7,9-10,12,16H,3,5-6,8H2,1-2H3/t10-,12-/m0/s1. The molecule has 0 radical (unpaired) electrons. The lowest BCUT2D eigenvalue weighted by Gasteiger charge is -2.19. The molecule has 0 aromatic carbocycles. The number of carbonyl (C=O) groups is 2. The van der Waals surface area contributed by atoms with Gasteiger partial charge in [0.05, 0.1) is 6.61 Å². The second-order valence-electron chi connectivity index (χ2n) is 5.64. The number of aliphatic hydroxyl groups excluding tert-OH is 1. The normalized spacial score (nSPS) is 27.4. The summed E-state index contributed by atoms with van der Waals surface area (Å²) in [6.07, 6.45) is 5.19. The molecular formula is C15H20O4. The Kier molecular flexibility index (Phi) is 4.20. The van der Waals surface area contributed by atoms with Gasteiger partial charge in [0.2, 0.25) is 0 Å². The van der Waals surface area contributed by atoms with Crippen molar-refractivity contribution in [3.63, 3.8) is 0 Å². The molecule has 0 unspecified atom stereocenters. The summed E-state index contributed by atoms with van der Waals surface area (Å²) in [5.74, 6) is 0.0128. The zero-order valence-electron chi connectivity index (χ0n) is 11.4. The highest BCUT2D eigenvalue weighted by Crippen LogP contribution is 2.32. The van der Waals surface area contributed by atoms with Crippen molar-refractivity contribution in [2.24, 2.45) is 11.8 Å². The third-order valence-electron chi connectivity index (χ3n) is 3.61. The minimum absolute atomic E-state index is 0.0697. The number of Topliss-reactive ketones (excluding diaryl/α,β-unsaturated/α-hetero) is 1. The number of ketones is 1. The molecule has 1 aliphatic heterocycles. The van der Waals surface area contributed by atoms with E-state index in [-0.39, 0.29) is 30.4 Å². The molecule has 0 bridgehead atoms. The van der Waals surface area contributed by atoms with Gasteiger partial charge >= 0.3 is 5.97 Å². The summed E-state index contributed by atoms with van der Waals surface area (Å²) in [7, 11) is 0. The molecule has 1 aliphatic carbocycles. The second kappa shape index (κ2) is 5.70. The Hall–Kier alpha value is -1.42. The topological polar surface area (TPSA) is 63.6 Å². The molecule has 0 saturated carbocycles. The Bertz CT molecular complexity index is 445. The van der Waals surface area contributed by atoms with Gasteiger partial charge in [0.25, 0.3) is 0 Å². The molecule has 4 nitrogen and oxygen atoms in total. The van der Waals surface area contributed by atoms with E-state index in [1.54, 1.807) is 6.08 Å². The molecule has 1 heterocycles. The van der Waals surface area contributed by atoms with Gasteiger partial charge in [0, 0.05) is 23.5 Å². The molecule has 104 valence electrons. The molecule has 0 spiro atoms. The smallest absolute Gasteiger partial charge is 0.334 e. The van der Waals surface area contributed by atoms with Crippen molar-refractivity contribution in [3.05, 3.63) is 23.3 Å². The molecule has 0 saturated heterocycles. The Morgan fingerprint density at radius 2 is 2.16 bits per heavy atom. The van der Waals surface area contributed by atoms with E-state index in [9.17, 15) is 9.59 Å². The third kappa shape index (κ3) is 3.13. The van der Waals surface area contributed by atoms with E-state index in [0.717, 1.165) is 6.42 Å². The number of carbonyl (C=O) groups excluding carboxylic acids is 2. The molecule has 0 amide bonds. The van der Waals surface area contributed by atoms with Crippen LogP contribution >= 0.6 is 0 Å². The predicted molar refractivity (Wildman–Crippen MR) is 70.3 cm³/mol. The molecule has 0 aromatic heterocycles. The van der Waals surface area contributed by atoms with Gasteiger partial charge in [-0.15, -0.1) is 0 Å². The summed E-state index contributed by atoms with van der Waals surface area (Å²) >= 11 is 0. The highest BCUT2D eigenvalue weighted by Gasteiger charge is 2.34. The van der Waals surface area contributed by atoms with Crippen LogP contribution in [-0.2, 0) is 14.3 Å². The van der Waals surface area contributed by atoms with Crippen LogP contribution in [0.3, 0.4) is 0 Å². The molecule has 2 aliphatic rings. The van der Waals surface area contributed by atoms with Gasteiger partial charge in [-0.2, -0.15) is 0 Å². The molecular weight excluding hydrogens is 244 g/mol. The van der Waals surface area contributed by atoms with Crippen LogP contribution in [0.4, 0.5) is 0 Å². The number of allylic oxidation sites excluding steroid dienone is 1. The summed E-state index contributed by atoms with van der Waals surface area (Å²) in [5.41, 5.74) is 1.09. The van der Waals surface area contributed by atoms with Crippen molar-refractivity contribution >= 4 is 11.8 Å². The zero-order chi connectivity index (χ0) is 14.0. The Balaban J connectivity index is 2.08. The van der Waals surface area contributed by atoms with E-state index in [0.29, 0.717) is 29.9 Å². The van der Waals surface area contributed by atoms with Crippen molar-refractivity contribution in [2.45, 2.75) is 39.2 Å². The van der Waals surface area contributed by atoms with Crippen molar-refractivity contribution in [1.82, 2.24) is 0 Å². The van der Waals surface area contributed by atoms with Gasteiger partial charge in [-0.1, -0.05) is 19.9 Å². The van der Waals surface area contributed by atoms with E-state index in [1.807, 2.05) is 6.08 Å². The van der Waals surface area contributed by atoms with Crippen LogP contribution in [0.25, 0.3) is 0 Å². The fourth-order valence-electron chi connectivity index (χ4n) is 2.62. The average molecular weight is 264 g/mol. The number of rotatable bonds is 4. The summed E-state index contributed by atoms with van der Waals surface area (Å²) < 4.78 is 5.31. The lowest BCUT2D eigenvalue weighted by atomic mass is 9.83. The SMILES string of the molecule is CC(C)C[C@H]1C=C([C@H]2CC=C(CO)C(=O)C2)C(=O)O1. The molecule has 0 aromatic rings. The van der Waals surface area contributed by atoms with Crippen LogP contribution in [0, 0.1) is 11.8 Å². The maximum atomic E-state index is 11.9. The first kappa shape index (κ1) is 14.0. The largest absolute Gasteiger partial charge is 0.455 e. The lowest BCUT2D eigenvalue weighted by molar-refractivity contribution is -0.140. The summed E-state index contributed by atoms with van der Waals surface area (Å²) in [5, 5.41) is 9.01. The monoisotopic (exact) mass is 264 g/mol. The van der Waals surface area contributed by atoms with Crippen LogP contribution in [-0.4, -0.2) is 29.6 Å². The number of ether oxygens (including phenoxy) is 1. The number of aliphatic hydroxyl groups is 1. The van der Waals surface area contributed by atoms with Crippen LogP contribution in [0.5, 0.6) is 0 Å². The number of hydrogen-bond acceptors (Lipinski definition) is 4. The average Bonchev–Trinajstić information content (AvgIpc) is 2.69. The van der Waals surface area contributed by atoms with Gasteiger partial charge in [0.1, 0.15) is 6.10 Å². The molecule has 1 N–H and O–H groups in total. The molecule has 19 heavy (non-hydrogen) atoms. The molecule has 4 heteroatoms. The molecule has 0 fully saturated rings. The first-order valence-electron chi connectivity index (χ1n) is 6.77.